The number of allylic oxidation sites excluding steroid dienone is 3. The molecule has 0 saturated heterocycles. The highest BCUT2D eigenvalue weighted by atomic mass is 16.5. The summed E-state index contributed by atoms with van der Waals surface area (Å²) in [4.78, 5) is 14.0. The zero-order valence-electron chi connectivity index (χ0n) is 26.3. The first-order valence-electron chi connectivity index (χ1n) is 15.8. The largest absolute Gasteiger partial charge is 0.494 e. The summed E-state index contributed by atoms with van der Waals surface area (Å²) in [5.74, 6) is 1.68. The molecule has 40 heavy (non-hydrogen) atoms. The van der Waals surface area contributed by atoms with Gasteiger partial charge in [0.15, 0.2) is 5.75 Å². The van der Waals surface area contributed by atoms with Gasteiger partial charge in [-0.3, -0.25) is 4.79 Å². The van der Waals surface area contributed by atoms with E-state index in [1.807, 2.05) is 22.8 Å². The molecule has 1 aromatic heterocycles. The topological polar surface area (TPSA) is 49.7 Å². The van der Waals surface area contributed by atoms with E-state index in [0.29, 0.717) is 37.9 Å². The van der Waals surface area contributed by atoms with Crippen molar-refractivity contribution in [1.82, 2.24) is 4.57 Å². The predicted octanol–water partition coefficient (Wildman–Crippen LogP) is 9.79. The maximum Gasteiger partial charge on any atom is 0.297 e. The molecule has 0 fully saturated rings. The highest BCUT2D eigenvalue weighted by Gasteiger charge is 2.20. The van der Waals surface area contributed by atoms with Gasteiger partial charge in [0.05, 0.1) is 18.7 Å². The minimum Gasteiger partial charge on any atom is -0.494 e. The molecule has 2 aromatic rings. The Hall–Kier alpha value is -2.69. The van der Waals surface area contributed by atoms with Crippen LogP contribution < -0.4 is 19.8 Å². The molecule has 0 bridgehead atoms. The molecule has 0 aliphatic carbocycles. The number of hydrogen-bond acceptors (Lipinski definition) is 4. The summed E-state index contributed by atoms with van der Waals surface area (Å²) in [5, 5.41) is 0.910. The molecule has 0 saturated carbocycles. The van der Waals surface area contributed by atoms with E-state index in [1.165, 1.54) is 24.0 Å². The fourth-order valence-electron chi connectivity index (χ4n) is 4.65. The lowest BCUT2D eigenvalue weighted by Gasteiger charge is -2.19. The quantitative estimate of drug-likeness (QED) is 0.114. The molecule has 0 N–H and O–H groups in total. The summed E-state index contributed by atoms with van der Waals surface area (Å²) >= 11 is 0. The first-order chi connectivity index (χ1) is 19.4. The van der Waals surface area contributed by atoms with Crippen LogP contribution in [0.15, 0.2) is 46.3 Å². The van der Waals surface area contributed by atoms with Crippen LogP contribution in [0.3, 0.4) is 0 Å². The highest BCUT2D eigenvalue weighted by Crippen LogP contribution is 2.35. The van der Waals surface area contributed by atoms with Gasteiger partial charge in [-0.05, 0) is 71.1 Å². The molecule has 5 heteroatoms. The summed E-state index contributed by atoms with van der Waals surface area (Å²) in [6.07, 6.45) is 17.2. The van der Waals surface area contributed by atoms with Crippen LogP contribution in [0.2, 0.25) is 0 Å². The number of nitrogens with zero attached hydrogens (tertiary/aromatic N) is 1. The number of hydrogen-bond donors (Lipinski definition) is 0. The first-order valence-corrected chi connectivity index (χ1v) is 15.8. The van der Waals surface area contributed by atoms with Crippen molar-refractivity contribution >= 4 is 10.9 Å². The number of aromatic nitrogens is 1. The lowest BCUT2D eigenvalue weighted by molar-refractivity contribution is 0.275. The molecule has 2 rings (SSSR count). The number of aryl methyl sites for hydroxylation is 1. The number of ether oxygens (including phenoxy) is 3. The maximum absolute atomic E-state index is 14.0. The van der Waals surface area contributed by atoms with Crippen molar-refractivity contribution in [2.75, 3.05) is 19.8 Å². The second-order valence-corrected chi connectivity index (χ2v) is 11.1. The number of rotatable bonds is 21. The van der Waals surface area contributed by atoms with Crippen molar-refractivity contribution in [3.63, 3.8) is 0 Å². The maximum atomic E-state index is 14.0. The van der Waals surface area contributed by atoms with Crippen LogP contribution >= 0.6 is 0 Å². The molecule has 0 spiro atoms. The number of benzene rings is 1. The molecule has 0 atom stereocenters. The minimum atomic E-state index is -0.117. The van der Waals surface area contributed by atoms with Crippen molar-refractivity contribution in [2.45, 2.75) is 125 Å². The Kier molecular flexibility index (Phi) is 16.3. The zero-order chi connectivity index (χ0) is 29.2. The smallest absolute Gasteiger partial charge is 0.297 e. The first kappa shape index (κ1) is 33.5. The summed E-state index contributed by atoms with van der Waals surface area (Å²) in [6, 6.07) is 6.03. The Bertz CT molecular complexity index is 1120. The Balaban J connectivity index is 2.46. The van der Waals surface area contributed by atoms with E-state index in [2.05, 4.69) is 53.7 Å². The summed E-state index contributed by atoms with van der Waals surface area (Å²) in [6.45, 7) is 15.2. The predicted molar refractivity (Wildman–Crippen MR) is 170 cm³/mol. The average Bonchev–Trinajstić information content (AvgIpc) is 2.93. The van der Waals surface area contributed by atoms with E-state index in [9.17, 15) is 4.79 Å². The summed E-state index contributed by atoms with van der Waals surface area (Å²) < 4.78 is 20.5. The second-order valence-electron chi connectivity index (χ2n) is 11.1. The SMILES string of the molecule is CCCCCCOc1c(OC/C=C(\C)CCC=C(C)C)c(=O)n(CCCCCC)c2cc(OCCCC)ccc12. The van der Waals surface area contributed by atoms with Crippen LogP contribution in [-0.2, 0) is 6.54 Å². The summed E-state index contributed by atoms with van der Waals surface area (Å²) in [5.41, 5.74) is 3.34. The standard InChI is InChI=1S/C35H55NO4/c1-7-10-13-15-23-36-32-27-30(38-24-12-9-3)20-21-31(32)33(39-25-16-14-11-8-2)34(35(36)37)40-26-22-29(6)19-17-18-28(4)5/h18,20-22,27H,7-17,19,23-26H2,1-6H3/b29-22+. The fourth-order valence-corrected chi connectivity index (χ4v) is 4.65. The van der Waals surface area contributed by atoms with Crippen molar-refractivity contribution in [3.8, 4) is 17.2 Å². The molecular formula is C35H55NO4. The van der Waals surface area contributed by atoms with Gasteiger partial charge in [-0.2, -0.15) is 0 Å². The van der Waals surface area contributed by atoms with Gasteiger partial charge in [0.25, 0.3) is 5.56 Å². The molecule has 0 radical (unpaired) electrons. The van der Waals surface area contributed by atoms with E-state index >= 15 is 0 Å². The third-order valence-corrected chi connectivity index (χ3v) is 7.15. The molecule has 0 amide bonds. The Morgan fingerprint density at radius 1 is 0.775 bits per heavy atom. The number of pyridine rings is 1. The van der Waals surface area contributed by atoms with Crippen LogP contribution in [0.5, 0.6) is 17.2 Å². The molecule has 0 unspecified atom stereocenters. The number of unbranched alkanes of at least 4 members (excludes halogenated alkanes) is 7. The van der Waals surface area contributed by atoms with E-state index in [-0.39, 0.29) is 5.56 Å². The Morgan fingerprint density at radius 2 is 1.48 bits per heavy atom. The van der Waals surface area contributed by atoms with Crippen LogP contribution in [-0.4, -0.2) is 24.4 Å². The van der Waals surface area contributed by atoms with E-state index in [4.69, 9.17) is 14.2 Å². The number of fused-ring (bicyclic) bond motifs is 1. The van der Waals surface area contributed by atoms with Gasteiger partial charge >= 0.3 is 0 Å². The van der Waals surface area contributed by atoms with Crippen LogP contribution in [0.4, 0.5) is 0 Å². The van der Waals surface area contributed by atoms with Crippen molar-refractivity contribution in [2.24, 2.45) is 0 Å². The molecule has 5 nitrogen and oxygen atoms in total. The van der Waals surface area contributed by atoms with Gasteiger partial charge < -0.3 is 18.8 Å². The third kappa shape index (κ3) is 11.4. The van der Waals surface area contributed by atoms with Gasteiger partial charge in [0, 0.05) is 18.0 Å². The van der Waals surface area contributed by atoms with Gasteiger partial charge in [-0.15, -0.1) is 0 Å². The molecule has 0 aliphatic heterocycles. The molecular weight excluding hydrogens is 498 g/mol. The zero-order valence-corrected chi connectivity index (χ0v) is 26.3. The fraction of sp³-hybridized carbons (Fsp3) is 0.629. The van der Waals surface area contributed by atoms with E-state index < -0.39 is 0 Å². The third-order valence-electron chi connectivity index (χ3n) is 7.15. The molecule has 0 aliphatic rings. The summed E-state index contributed by atoms with van der Waals surface area (Å²) in [7, 11) is 0. The monoisotopic (exact) mass is 553 g/mol. The van der Waals surface area contributed by atoms with Crippen molar-refractivity contribution in [1.29, 1.82) is 0 Å². The van der Waals surface area contributed by atoms with Gasteiger partial charge in [0.1, 0.15) is 12.4 Å². The Morgan fingerprint density at radius 3 is 2.17 bits per heavy atom. The van der Waals surface area contributed by atoms with E-state index in [0.717, 1.165) is 80.9 Å². The molecule has 1 aromatic carbocycles. The van der Waals surface area contributed by atoms with E-state index in [1.54, 1.807) is 0 Å². The minimum absolute atomic E-state index is 0.117. The second kappa shape index (κ2) is 19.4. The normalized spacial score (nSPS) is 11.6. The lowest BCUT2D eigenvalue weighted by Crippen LogP contribution is -2.24. The van der Waals surface area contributed by atoms with Gasteiger partial charge in [0.2, 0.25) is 5.75 Å². The van der Waals surface area contributed by atoms with Crippen LogP contribution in [0, 0.1) is 0 Å². The van der Waals surface area contributed by atoms with Gasteiger partial charge in [-0.1, -0.05) is 82.9 Å². The average molecular weight is 554 g/mol. The van der Waals surface area contributed by atoms with Crippen LogP contribution in [0.1, 0.15) is 119 Å². The molecule has 224 valence electrons. The van der Waals surface area contributed by atoms with Crippen LogP contribution in [0.25, 0.3) is 10.9 Å². The van der Waals surface area contributed by atoms with Gasteiger partial charge in [-0.25, -0.2) is 0 Å². The Labute approximate surface area is 243 Å². The van der Waals surface area contributed by atoms with Crippen molar-refractivity contribution < 1.29 is 14.2 Å². The highest BCUT2D eigenvalue weighted by molar-refractivity contribution is 5.89. The molecule has 1 heterocycles. The van der Waals surface area contributed by atoms with Crippen molar-refractivity contribution in [3.05, 3.63) is 51.9 Å². The lowest BCUT2D eigenvalue weighted by atomic mass is 10.1.